The molecule has 0 unspecified atom stereocenters. The average molecular weight is 320 g/mol. The summed E-state index contributed by atoms with van der Waals surface area (Å²) in [6.45, 7) is 10.3. The molecule has 2 fully saturated rings. The Hall–Kier alpha value is -1.78. The lowest BCUT2D eigenvalue weighted by molar-refractivity contribution is 0.0219. The van der Waals surface area contributed by atoms with E-state index in [0.717, 1.165) is 25.3 Å². The second kappa shape index (κ2) is 5.69. The van der Waals surface area contributed by atoms with E-state index >= 15 is 0 Å². The molecular weight excluding hydrogens is 295 g/mol. The molecule has 0 N–H and O–H groups in total. The van der Waals surface area contributed by atoms with Crippen molar-refractivity contribution in [3.63, 3.8) is 0 Å². The van der Waals surface area contributed by atoms with Crippen LogP contribution in [-0.2, 0) is 4.74 Å². The Balaban J connectivity index is 1.65. The molecule has 23 heavy (non-hydrogen) atoms. The number of hydrogen-bond donors (Lipinski definition) is 0. The zero-order valence-corrected chi connectivity index (χ0v) is 14.3. The van der Waals surface area contributed by atoms with Crippen LogP contribution in [-0.4, -0.2) is 42.3 Å². The maximum absolute atomic E-state index is 13.1. The predicted molar refractivity (Wildman–Crippen MR) is 88.0 cm³/mol. The number of nitrogens with zero attached hydrogens (tertiary/aromatic N) is 2. The molecule has 5 heteroatoms. The summed E-state index contributed by atoms with van der Waals surface area (Å²) in [6.07, 6.45) is -0.215. The smallest absolute Gasteiger partial charge is 0.410 e. The van der Waals surface area contributed by atoms with Crippen LogP contribution >= 0.6 is 0 Å². The molecule has 0 spiro atoms. The number of carbonyl (C=O) groups excluding carboxylic acids is 1. The third-order valence-corrected chi connectivity index (χ3v) is 4.85. The van der Waals surface area contributed by atoms with E-state index in [4.69, 9.17) is 4.74 Å². The summed E-state index contributed by atoms with van der Waals surface area (Å²) in [6, 6.07) is 6.82. The van der Waals surface area contributed by atoms with Crippen molar-refractivity contribution >= 4 is 11.8 Å². The molecule has 0 saturated carbocycles. The molecule has 2 heterocycles. The van der Waals surface area contributed by atoms with Gasteiger partial charge in [0.1, 0.15) is 11.4 Å². The molecule has 2 aliphatic heterocycles. The number of rotatable bonds is 1. The lowest BCUT2D eigenvalue weighted by Gasteiger charge is -2.30. The first-order valence-electron chi connectivity index (χ1n) is 8.25. The Morgan fingerprint density at radius 1 is 1.17 bits per heavy atom. The molecule has 3 rings (SSSR count). The van der Waals surface area contributed by atoms with Crippen LogP contribution in [0.4, 0.5) is 14.9 Å². The number of benzene rings is 1. The maximum atomic E-state index is 13.1. The summed E-state index contributed by atoms with van der Waals surface area (Å²) in [5, 5.41) is 0. The SMILES string of the molecule is C[C@H]1[C@@H]2CN(c3ccc(F)cc3)C[C@@H]2CN1C(=O)OC(C)(C)C. The summed E-state index contributed by atoms with van der Waals surface area (Å²) < 4.78 is 18.6. The Labute approximate surface area is 137 Å². The lowest BCUT2D eigenvalue weighted by atomic mass is 9.95. The molecule has 1 amide bonds. The van der Waals surface area contributed by atoms with Crippen LogP contribution in [0, 0.1) is 17.7 Å². The number of ether oxygens (including phenoxy) is 1. The number of hydrogen-bond acceptors (Lipinski definition) is 3. The van der Waals surface area contributed by atoms with Gasteiger partial charge in [0.25, 0.3) is 0 Å². The molecule has 126 valence electrons. The topological polar surface area (TPSA) is 32.8 Å². The average Bonchev–Trinajstić information content (AvgIpc) is 2.98. The minimum Gasteiger partial charge on any atom is -0.444 e. The highest BCUT2D eigenvalue weighted by Crippen LogP contribution is 2.38. The molecule has 2 saturated heterocycles. The van der Waals surface area contributed by atoms with Crippen molar-refractivity contribution in [3.8, 4) is 0 Å². The van der Waals surface area contributed by atoms with Gasteiger partial charge in [-0.2, -0.15) is 0 Å². The van der Waals surface area contributed by atoms with Crippen molar-refractivity contribution in [3.05, 3.63) is 30.1 Å². The van der Waals surface area contributed by atoms with Crippen LogP contribution < -0.4 is 4.90 Å². The first-order valence-corrected chi connectivity index (χ1v) is 8.25. The van der Waals surface area contributed by atoms with Gasteiger partial charge in [0.15, 0.2) is 0 Å². The first-order chi connectivity index (χ1) is 10.7. The van der Waals surface area contributed by atoms with E-state index in [-0.39, 0.29) is 18.0 Å². The first kappa shape index (κ1) is 16.1. The maximum Gasteiger partial charge on any atom is 0.410 e. The van der Waals surface area contributed by atoms with Crippen LogP contribution in [0.1, 0.15) is 27.7 Å². The van der Waals surface area contributed by atoms with Gasteiger partial charge >= 0.3 is 6.09 Å². The second-order valence-corrected chi connectivity index (χ2v) is 7.68. The van der Waals surface area contributed by atoms with E-state index in [2.05, 4.69) is 11.8 Å². The van der Waals surface area contributed by atoms with E-state index in [1.807, 2.05) is 37.8 Å². The monoisotopic (exact) mass is 320 g/mol. The Morgan fingerprint density at radius 3 is 2.39 bits per heavy atom. The fraction of sp³-hybridized carbons (Fsp3) is 0.611. The number of fused-ring (bicyclic) bond motifs is 1. The molecule has 2 aliphatic rings. The van der Waals surface area contributed by atoms with Gasteiger partial charge in [-0.15, -0.1) is 0 Å². The highest BCUT2D eigenvalue weighted by molar-refractivity contribution is 5.69. The third kappa shape index (κ3) is 3.28. The fourth-order valence-electron chi connectivity index (χ4n) is 3.71. The van der Waals surface area contributed by atoms with Gasteiger partial charge in [0.2, 0.25) is 0 Å². The van der Waals surface area contributed by atoms with Gasteiger partial charge < -0.3 is 14.5 Å². The zero-order chi connectivity index (χ0) is 16.8. The molecule has 3 atom stereocenters. The van der Waals surface area contributed by atoms with Gasteiger partial charge in [-0.25, -0.2) is 9.18 Å². The Kier molecular flexibility index (Phi) is 3.98. The highest BCUT2D eigenvalue weighted by atomic mass is 19.1. The normalized spacial score (nSPS) is 27.3. The molecule has 0 bridgehead atoms. The van der Waals surface area contributed by atoms with Crippen LogP contribution in [0.25, 0.3) is 0 Å². The van der Waals surface area contributed by atoms with E-state index < -0.39 is 5.60 Å². The summed E-state index contributed by atoms with van der Waals surface area (Å²) in [5.41, 5.74) is 0.589. The fourth-order valence-corrected chi connectivity index (χ4v) is 3.71. The minimum atomic E-state index is -0.464. The molecule has 1 aromatic rings. The summed E-state index contributed by atoms with van der Waals surface area (Å²) >= 11 is 0. The van der Waals surface area contributed by atoms with Crippen molar-refractivity contribution in [1.82, 2.24) is 4.90 Å². The lowest BCUT2D eigenvalue weighted by Crippen LogP contribution is -2.42. The van der Waals surface area contributed by atoms with Crippen molar-refractivity contribution in [2.24, 2.45) is 11.8 Å². The highest BCUT2D eigenvalue weighted by Gasteiger charge is 2.47. The van der Waals surface area contributed by atoms with E-state index in [1.54, 1.807) is 0 Å². The molecule has 0 aromatic heterocycles. The van der Waals surface area contributed by atoms with Crippen molar-refractivity contribution in [1.29, 1.82) is 0 Å². The van der Waals surface area contributed by atoms with E-state index in [1.165, 1.54) is 12.1 Å². The summed E-state index contributed by atoms with van der Waals surface area (Å²) in [7, 11) is 0. The minimum absolute atomic E-state index is 0.167. The van der Waals surface area contributed by atoms with Gasteiger partial charge in [0, 0.05) is 43.2 Å². The van der Waals surface area contributed by atoms with Gasteiger partial charge in [-0.3, -0.25) is 0 Å². The predicted octanol–water partition coefficient (Wildman–Crippen LogP) is 3.52. The number of amides is 1. The zero-order valence-electron chi connectivity index (χ0n) is 14.3. The van der Waals surface area contributed by atoms with Gasteiger partial charge in [0.05, 0.1) is 0 Å². The largest absolute Gasteiger partial charge is 0.444 e. The number of anilines is 1. The van der Waals surface area contributed by atoms with Crippen LogP contribution in [0.5, 0.6) is 0 Å². The number of halogens is 1. The number of carbonyl (C=O) groups is 1. The quantitative estimate of drug-likeness (QED) is 0.794. The van der Waals surface area contributed by atoms with Crippen molar-refractivity contribution in [2.75, 3.05) is 24.5 Å². The van der Waals surface area contributed by atoms with Crippen molar-refractivity contribution in [2.45, 2.75) is 39.3 Å². The second-order valence-electron chi connectivity index (χ2n) is 7.68. The van der Waals surface area contributed by atoms with Gasteiger partial charge in [-0.05, 0) is 52.0 Å². The molecule has 1 aromatic carbocycles. The van der Waals surface area contributed by atoms with Crippen LogP contribution in [0.3, 0.4) is 0 Å². The van der Waals surface area contributed by atoms with Crippen LogP contribution in [0.15, 0.2) is 24.3 Å². The molecular formula is C18H25FN2O2. The molecule has 0 radical (unpaired) electrons. The Bertz CT molecular complexity index is 582. The standard InChI is InChI=1S/C18H25FN2O2/c1-12-16-11-20(15-7-5-14(19)6-8-15)9-13(16)10-21(12)17(22)23-18(2,3)4/h5-8,12-13,16H,9-11H2,1-4H3/t12-,13+,16-/m0/s1. The number of likely N-dealkylation sites (tertiary alicyclic amines) is 1. The van der Waals surface area contributed by atoms with Crippen molar-refractivity contribution < 1.29 is 13.9 Å². The molecule has 4 nitrogen and oxygen atoms in total. The van der Waals surface area contributed by atoms with E-state index in [9.17, 15) is 9.18 Å². The summed E-state index contributed by atoms with van der Waals surface area (Å²) in [4.78, 5) is 16.5. The molecule has 0 aliphatic carbocycles. The summed E-state index contributed by atoms with van der Waals surface area (Å²) in [5.74, 6) is 0.674. The van der Waals surface area contributed by atoms with Crippen LogP contribution in [0.2, 0.25) is 0 Å². The third-order valence-electron chi connectivity index (χ3n) is 4.85. The van der Waals surface area contributed by atoms with Gasteiger partial charge in [-0.1, -0.05) is 0 Å². The Morgan fingerprint density at radius 2 is 1.83 bits per heavy atom. The van der Waals surface area contributed by atoms with E-state index in [0.29, 0.717) is 11.8 Å².